The number of nitrogens with one attached hydrogen (secondary N) is 1. The lowest BCUT2D eigenvalue weighted by Gasteiger charge is -2.10. The number of hydrogen-bond donors (Lipinski definition) is 2. The second-order valence-corrected chi connectivity index (χ2v) is 6.51. The zero-order valence-electron chi connectivity index (χ0n) is 13.2. The number of nitrogens with two attached hydrogens (primary N) is 1. The Morgan fingerprint density at radius 1 is 1.12 bits per heavy atom. The highest BCUT2D eigenvalue weighted by Crippen LogP contribution is 2.22. The van der Waals surface area contributed by atoms with Crippen molar-refractivity contribution in [2.24, 2.45) is 5.73 Å². The molecule has 0 atom stereocenters. The highest BCUT2D eigenvalue weighted by atomic mass is 32.2. The zero-order chi connectivity index (χ0) is 16.8. The fourth-order valence-corrected chi connectivity index (χ4v) is 3.47. The van der Waals surface area contributed by atoms with Gasteiger partial charge in [-0.15, -0.1) is 0 Å². The number of primary amides is 1. The summed E-state index contributed by atoms with van der Waals surface area (Å²) >= 11 is 1.86. The molecule has 122 valence electrons. The number of benzene rings is 2. The van der Waals surface area contributed by atoms with Crippen molar-refractivity contribution in [3.63, 3.8) is 0 Å². The summed E-state index contributed by atoms with van der Waals surface area (Å²) in [6, 6.07) is 16.6. The van der Waals surface area contributed by atoms with E-state index in [0.29, 0.717) is 5.56 Å². The molecule has 0 fully saturated rings. The van der Waals surface area contributed by atoms with Crippen molar-refractivity contribution in [1.29, 1.82) is 0 Å². The summed E-state index contributed by atoms with van der Waals surface area (Å²) in [5, 5.41) is 5.84. The molecule has 1 heterocycles. The van der Waals surface area contributed by atoms with Crippen LogP contribution in [0.5, 0.6) is 0 Å². The molecule has 0 aliphatic carbocycles. The van der Waals surface area contributed by atoms with Crippen molar-refractivity contribution in [3.05, 3.63) is 72.1 Å². The second kappa shape index (κ2) is 7.84. The molecule has 0 saturated heterocycles. The first-order valence-electron chi connectivity index (χ1n) is 7.78. The largest absolute Gasteiger partial charge is 0.383 e. The number of thioether (sulfide) groups is 1. The number of hydrogen-bond acceptors (Lipinski definition) is 4. The first-order valence-corrected chi connectivity index (χ1v) is 8.93. The zero-order valence-corrected chi connectivity index (χ0v) is 14.1. The Balaban J connectivity index is 1.53. The van der Waals surface area contributed by atoms with Crippen LogP contribution in [0.2, 0.25) is 0 Å². The third-order valence-corrected chi connectivity index (χ3v) is 4.79. The summed E-state index contributed by atoms with van der Waals surface area (Å²) in [7, 11) is 0. The van der Waals surface area contributed by atoms with Crippen LogP contribution in [-0.2, 0) is 5.75 Å². The number of carbonyl (C=O) groups is 1. The van der Waals surface area contributed by atoms with E-state index >= 15 is 0 Å². The van der Waals surface area contributed by atoms with Gasteiger partial charge in [0.15, 0.2) is 0 Å². The molecule has 3 rings (SSSR count). The Morgan fingerprint density at radius 3 is 2.83 bits per heavy atom. The summed E-state index contributed by atoms with van der Waals surface area (Å²) in [6.07, 6.45) is 3.14. The third-order valence-electron chi connectivity index (χ3n) is 3.79. The van der Waals surface area contributed by atoms with Gasteiger partial charge in [0.25, 0.3) is 5.91 Å². The number of carbonyl (C=O) groups excluding carboxylic acids is 1. The van der Waals surface area contributed by atoms with Crippen LogP contribution in [0.4, 0.5) is 5.69 Å². The van der Waals surface area contributed by atoms with E-state index in [1.165, 1.54) is 22.5 Å². The highest BCUT2D eigenvalue weighted by molar-refractivity contribution is 7.98. The molecule has 0 spiro atoms. The van der Waals surface area contributed by atoms with Crippen molar-refractivity contribution in [1.82, 2.24) is 4.98 Å². The van der Waals surface area contributed by atoms with E-state index < -0.39 is 5.91 Å². The molecule has 1 aromatic heterocycles. The van der Waals surface area contributed by atoms with E-state index in [-0.39, 0.29) is 0 Å². The average Bonchev–Trinajstić information content (AvgIpc) is 2.62. The number of amides is 1. The molecular formula is C19H19N3OS. The van der Waals surface area contributed by atoms with Crippen molar-refractivity contribution < 1.29 is 4.79 Å². The maximum absolute atomic E-state index is 11.4. The average molecular weight is 337 g/mol. The van der Waals surface area contributed by atoms with Crippen molar-refractivity contribution in [2.75, 3.05) is 17.6 Å². The normalized spacial score (nSPS) is 10.7. The van der Waals surface area contributed by atoms with E-state index in [1.807, 2.05) is 11.8 Å². The predicted octanol–water partition coefficient (Wildman–Crippen LogP) is 3.68. The molecule has 2 aromatic carbocycles. The van der Waals surface area contributed by atoms with Gasteiger partial charge in [-0.05, 0) is 22.4 Å². The van der Waals surface area contributed by atoms with Gasteiger partial charge in [0.1, 0.15) is 0 Å². The van der Waals surface area contributed by atoms with Crippen LogP contribution in [0.1, 0.15) is 15.9 Å². The highest BCUT2D eigenvalue weighted by Gasteiger charge is 2.07. The van der Waals surface area contributed by atoms with Gasteiger partial charge in [0.05, 0.1) is 11.3 Å². The van der Waals surface area contributed by atoms with Crippen LogP contribution in [-0.4, -0.2) is 23.2 Å². The molecule has 1 amide bonds. The molecule has 0 aliphatic heterocycles. The molecule has 0 radical (unpaired) electrons. The molecule has 0 bridgehead atoms. The fourth-order valence-electron chi connectivity index (χ4n) is 2.60. The van der Waals surface area contributed by atoms with E-state index in [0.717, 1.165) is 23.7 Å². The molecule has 0 saturated carbocycles. The standard InChI is InChI=1S/C19H19N3OS/c20-19(23)17-12-21-9-8-18(17)22-10-11-24-13-15-6-3-5-14-4-1-2-7-16(14)15/h1-9,12H,10-11,13H2,(H2,20,23)(H,21,22). The van der Waals surface area contributed by atoms with E-state index in [1.54, 1.807) is 12.3 Å². The molecule has 0 aliphatic rings. The first-order chi connectivity index (χ1) is 11.8. The van der Waals surface area contributed by atoms with E-state index in [2.05, 4.69) is 52.8 Å². The second-order valence-electron chi connectivity index (χ2n) is 5.40. The Bertz CT molecular complexity index is 845. The molecule has 24 heavy (non-hydrogen) atoms. The van der Waals surface area contributed by atoms with Gasteiger partial charge in [-0.3, -0.25) is 9.78 Å². The number of fused-ring (bicyclic) bond motifs is 1. The maximum atomic E-state index is 11.4. The van der Waals surface area contributed by atoms with Crippen LogP contribution in [0.25, 0.3) is 10.8 Å². The molecule has 5 heteroatoms. The molecule has 4 nitrogen and oxygen atoms in total. The van der Waals surface area contributed by atoms with Crippen molar-refractivity contribution >= 4 is 34.1 Å². The van der Waals surface area contributed by atoms with Crippen LogP contribution in [0.3, 0.4) is 0 Å². The SMILES string of the molecule is NC(=O)c1cnccc1NCCSCc1cccc2ccccc12. The van der Waals surface area contributed by atoms with Gasteiger partial charge in [-0.2, -0.15) is 11.8 Å². The summed E-state index contributed by atoms with van der Waals surface area (Å²) in [5.41, 5.74) is 7.86. The van der Waals surface area contributed by atoms with Gasteiger partial charge in [-0.25, -0.2) is 0 Å². The smallest absolute Gasteiger partial charge is 0.252 e. The lowest BCUT2D eigenvalue weighted by Crippen LogP contribution is -2.15. The third kappa shape index (κ3) is 3.86. The fraction of sp³-hybridized carbons (Fsp3) is 0.158. The van der Waals surface area contributed by atoms with E-state index in [9.17, 15) is 4.79 Å². The maximum Gasteiger partial charge on any atom is 0.252 e. The molecular weight excluding hydrogens is 318 g/mol. The number of aromatic nitrogens is 1. The number of pyridine rings is 1. The van der Waals surface area contributed by atoms with Crippen LogP contribution in [0.15, 0.2) is 60.9 Å². The van der Waals surface area contributed by atoms with Gasteiger partial charge >= 0.3 is 0 Å². The minimum absolute atomic E-state index is 0.427. The Labute approximate surface area is 145 Å². The van der Waals surface area contributed by atoms with Crippen LogP contribution < -0.4 is 11.1 Å². The molecule has 0 unspecified atom stereocenters. The van der Waals surface area contributed by atoms with Crippen LogP contribution in [0, 0.1) is 0 Å². The van der Waals surface area contributed by atoms with Crippen molar-refractivity contribution in [2.45, 2.75) is 5.75 Å². The van der Waals surface area contributed by atoms with Crippen LogP contribution >= 0.6 is 11.8 Å². The number of rotatable bonds is 7. The van der Waals surface area contributed by atoms with Gasteiger partial charge in [0, 0.05) is 30.4 Å². The number of nitrogens with zero attached hydrogens (tertiary/aromatic N) is 1. The summed E-state index contributed by atoms with van der Waals surface area (Å²) in [4.78, 5) is 15.3. The van der Waals surface area contributed by atoms with Gasteiger partial charge in [-0.1, -0.05) is 42.5 Å². The lowest BCUT2D eigenvalue weighted by molar-refractivity contribution is 0.100. The Morgan fingerprint density at radius 2 is 1.96 bits per heavy atom. The topological polar surface area (TPSA) is 68.0 Å². The summed E-state index contributed by atoms with van der Waals surface area (Å²) in [6.45, 7) is 0.764. The molecule has 3 aromatic rings. The minimum Gasteiger partial charge on any atom is -0.383 e. The van der Waals surface area contributed by atoms with Gasteiger partial charge < -0.3 is 11.1 Å². The Kier molecular flexibility index (Phi) is 5.33. The summed E-state index contributed by atoms with van der Waals surface area (Å²) in [5.74, 6) is 1.43. The number of anilines is 1. The molecule has 3 N–H and O–H groups in total. The summed E-state index contributed by atoms with van der Waals surface area (Å²) < 4.78 is 0. The van der Waals surface area contributed by atoms with Crippen molar-refractivity contribution in [3.8, 4) is 0 Å². The van der Waals surface area contributed by atoms with Gasteiger partial charge in [0.2, 0.25) is 0 Å². The minimum atomic E-state index is -0.464. The lowest BCUT2D eigenvalue weighted by atomic mass is 10.1. The van der Waals surface area contributed by atoms with E-state index in [4.69, 9.17) is 5.73 Å². The first kappa shape index (κ1) is 16.3. The monoisotopic (exact) mass is 337 g/mol. The quantitative estimate of drug-likeness (QED) is 0.645. The predicted molar refractivity (Wildman–Crippen MR) is 101 cm³/mol. The Hall–Kier alpha value is -2.53.